The van der Waals surface area contributed by atoms with E-state index in [1.807, 2.05) is 59.5 Å². The summed E-state index contributed by atoms with van der Waals surface area (Å²) in [6.07, 6.45) is 0. The summed E-state index contributed by atoms with van der Waals surface area (Å²) in [6.45, 7) is 4.49. The number of rotatable bonds is 4. The summed E-state index contributed by atoms with van der Waals surface area (Å²) in [5, 5.41) is 8.50. The summed E-state index contributed by atoms with van der Waals surface area (Å²) in [6, 6.07) is 51.5. The third kappa shape index (κ3) is 4.27. The van der Waals surface area contributed by atoms with Crippen LogP contribution < -0.4 is 4.90 Å². The van der Waals surface area contributed by atoms with Crippen LogP contribution in [0.3, 0.4) is 0 Å². The summed E-state index contributed by atoms with van der Waals surface area (Å²) in [7, 11) is 0. The quantitative estimate of drug-likeness (QED) is 0.173. The van der Waals surface area contributed by atoms with Crippen LogP contribution in [0.2, 0.25) is 0 Å². The standard InChI is InChI=1S/C49H35N/c1-49(2)44-19-10-9-18-43(44)48-45(49)20-11-21-46(48)50(47-31-35-13-4-6-15-39(35)41-16-7-8-17-42(41)47)37-27-24-32(25-28-37)34-26-29-40-36(30-34)23-22-33-12-3-5-14-38(33)40/h3-31H,1-2H3/i24D,25D,27D,28D. The SMILES string of the molecule is [2H]c1c([2H])c(N(c2cccc3c2-c2ccccc2C3(C)C)c2cc3ccccc3c3ccccc23)c([2H])c([2H])c1-c1ccc2c(ccc3ccccc32)c1. The fourth-order valence-corrected chi connectivity index (χ4v) is 8.24. The molecule has 0 fully saturated rings. The zero-order valence-electron chi connectivity index (χ0n) is 31.9. The molecule has 0 amide bonds. The Morgan fingerprint density at radius 1 is 0.440 bits per heavy atom. The van der Waals surface area contributed by atoms with Gasteiger partial charge in [-0.1, -0.05) is 159 Å². The van der Waals surface area contributed by atoms with E-state index >= 15 is 0 Å². The second kappa shape index (κ2) is 10.9. The van der Waals surface area contributed by atoms with Gasteiger partial charge in [-0.05, 0) is 95.8 Å². The van der Waals surface area contributed by atoms with Crippen molar-refractivity contribution in [3.05, 3.63) is 187 Å². The molecule has 0 aliphatic heterocycles. The Hall–Kier alpha value is -6.18. The van der Waals surface area contributed by atoms with E-state index in [9.17, 15) is 5.48 Å². The lowest BCUT2D eigenvalue weighted by molar-refractivity contribution is 0.660. The number of nitrogens with zero attached hydrogens (tertiary/aromatic N) is 1. The number of hydrogen-bond acceptors (Lipinski definition) is 1. The van der Waals surface area contributed by atoms with Gasteiger partial charge in [-0.3, -0.25) is 0 Å². The number of benzene rings is 9. The van der Waals surface area contributed by atoms with Gasteiger partial charge in [0.05, 0.1) is 16.9 Å². The van der Waals surface area contributed by atoms with Gasteiger partial charge in [-0.15, -0.1) is 0 Å². The van der Waals surface area contributed by atoms with Gasteiger partial charge in [-0.25, -0.2) is 0 Å². The van der Waals surface area contributed by atoms with E-state index in [-0.39, 0.29) is 40.8 Å². The zero-order valence-corrected chi connectivity index (χ0v) is 27.9. The molecule has 0 saturated heterocycles. The maximum Gasteiger partial charge on any atom is 0.0645 e. The van der Waals surface area contributed by atoms with E-state index in [0.717, 1.165) is 71.2 Å². The van der Waals surface area contributed by atoms with E-state index in [1.165, 1.54) is 5.56 Å². The molecule has 1 aliphatic carbocycles. The normalized spacial score (nSPS) is 14.3. The Balaban J connectivity index is 1.28. The monoisotopic (exact) mass is 641 g/mol. The first kappa shape index (κ1) is 24.9. The van der Waals surface area contributed by atoms with Crippen LogP contribution in [0.15, 0.2) is 176 Å². The molecule has 50 heavy (non-hydrogen) atoms. The third-order valence-electron chi connectivity index (χ3n) is 10.7. The first-order chi connectivity index (χ1) is 26.2. The Kier molecular flexibility index (Phi) is 5.43. The van der Waals surface area contributed by atoms with Crippen molar-refractivity contribution in [2.24, 2.45) is 0 Å². The van der Waals surface area contributed by atoms with E-state index in [0.29, 0.717) is 5.56 Å². The minimum absolute atomic E-state index is 0.0745. The molecule has 0 unspecified atom stereocenters. The predicted molar refractivity (Wildman–Crippen MR) is 214 cm³/mol. The van der Waals surface area contributed by atoms with E-state index < -0.39 is 0 Å². The van der Waals surface area contributed by atoms with Crippen molar-refractivity contribution < 1.29 is 5.48 Å². The van der Waals surface area contributed by atoms with Gasteiger partial charge < -0.3 is 4.90 Å². The first-order valence-corrected chi connectivity index (χ1v) is 17.2. The van der Waals surface area contributed by atoms with Gasteiger partial charge in [0, 0.05) is 22.1 Å². The molecule has 9 aromatic rings. The van der Waals surface area contributed by atoms with Crippen LogP contribution in [-0.4, -0.2) is 0 Å². The summed E-state index contributed by atoms with van der Waals surface area (Å²) >= 11 is 0. The average molecular weight is 642 g/mol. The fourth-order valence-electron chi connectivity index (χ4n) is 8.24. The Labute approximate surface area is 298 Å². The topological polar surface area (TPSA) is 3.24 Å². The average Bonchev–Trinajstić information content (AvgIpc) is 3.44. The van der Waals surface area contributed by atoms with Crippen LogP contribution in [0, 0.1) is 0 Å². The summed E-state index contributed by atoms with van der Waals surface area (Å²) in [5.41, 5.74) is 7.02. The smallest absolute Gasteiger partial charge is 0.0645 e. The molecular weight excluding hydrogens is 603 g/mol. The van der Waals surface area contributed by atoms with Crippen molar-refractivity contribution >= 4 is 60.2 Å². The Morgan fingerprint density at radius 3 is 1.86 bits per heavy atom. The lowest BCUT2D eigenvalue weighted by Crippen LogP contribution is -2.16. The minimum atomic E-state index is -0.279. The van der Waals surface area contributed by atoms with Crippen molar-refractivity contribution in [3.8, 4) is 22.3 Å². The number of hydrogen-bond donors (Lipinski definition) is 0. The van der Waals surface area contributed by atoms with E-state index in [2.05, 4.69) is 111 Å². The predicted octanol–water partition coefficient (Wildman–Crippen LogP) is 13.7. The highest BCUT2D eigenvalue weighted by atomic mass is 15.1. The maximum atomic E-state index is 9.78. The molecule has 0 spiro atoms. The van der Waals surface area contributed by atoms with Gasteiger partial charge in [0.15, 0.2) is 0 Å². The van der Waals surface area contributed by atoms with Crippen LogP contribution in [-0.2, 0) is 5.41 Å². The summed E-state index contributed by atoms with van der Waals surface area (Å²) < 4.78 is 38.7. The molecule has 0 saturated carbocycles. The van der Waals surface area contributed by atoms with Gasteiger partial charge in [0.25, 0.3) is 0 Å². The molecule has 0 heterocycles. The first-order valence-electron chi connectivity index (χ1n) is 19.2. The van der Waals surface area contributed by atoms with Crippen LogP contribution in [0.5, 0.6) is 0 Å². The Bertz CT molecular complexity index is 3010. The molecule has 0 bridgehead atoms. The molecule has 0 N–H and O–H groups in total. The van der Waals surface area contributed by atoms with E-state index in [1.54, 1.807) is 0 Å². The van der Waals surface area contributed by atoms with Crippen LogP contribution in [0.25, 0.3) is 65.3 Å². The van der Waals surface area contributed by atoms with E-state index in [4.69, 9.17) is 0 Å². The third-order valence-corrected chi connectivity index (χ3v) is 10.7. The van der Waals surface area contributed by atoms with Gasteiger partial charge in [-0.2, -0.15) is 0 Å². The van der Waals surface area contributed by atoms with Crippen molar-refractivity contribution in [2.45, 2.75) is 19.3 Å². The fraction of sp³-hybridized carbons (Fsp3) is 0.0612. The maximum absolute atomic E-state index is 9.78. The second-order valence-corrected chi connectivity index (χ2v) is 13.8. The van der Waals surface area contributed by atoms with Crippen molar-refractivity contribution in [1.29, 1.82) is 0 Å². The van der Waals surface area contributed by atoms with Crippen molar-refractivity contribution in [1.82, 2.24) is 0 Å². The van der Waals surface area contributed by atoms with Crippen LogP contribution in [0.4, 0.5) is 17.1 Å². The number of fused-ring (bicyclic) bond motifs is 9. The number of anilines is 3. The summed E-state index contributed by atoms with van der Waals surface area (Å²) in [5.74, 6) is 0. The highest BCUT2D eigenvalue weighted by Gasteiger charge is 2.37. The lowest BCUT2D eigenvalue weighted by atomic mass is 9.82. The van der Waals surface area contributed by atoms with Gasteiger partial charge >= 0.3 is 0 Å². The molecular formula is C49H35N. The highest BCUT2D eigenvalue weighted by Crippen LogP contribution is 2.55. The minimum Gasteiger partial charge on any atom is -0.309 e. The molecule has 9 aromatic carbocycles. The molecule has 1 heteroatoms. The molecule has 0 atom stereocenters. The zero-order chi connectivity index (χ0) is 36.9. The Morgan fingerprint density at radius 2 is 1.04 bits per heavy atom. The lowest BCUT2D eigenvalue weighted by Gasteiger charge is -2.30. The molecule has 236 valence electrons. The van der Waals surface area contributed by atoms with Crippen LogP contribution in [0.1, 0.15) is 30.5 Å². The summed E-state index contributed by atoms with van der Waals surface area (Å²) in [4.78, 5) is 2.00. The highest BCUT2D eigenvalue weighted by molar-refractivity contribution is 6.15. The molecule has 1 aliphatic rings. The van der Waals surface area contributed by atoms with Gasteiger partial charge in [0.1, 0.15) is 0 Å². The van der Waals surface area contributed by atoms with Crippen molar-refractivity contribution in [2.75, 3.05) is 4.90 Å². The molecule has 0 aromatic heterocycles. The van der Waals surface area contributed by atoms with Crippen LogP contribution >= 0.6 is 0 Å². The largest absolute Gasteiger partial charge is 0.309 e. The van der Waals surface area contributed by atoms with Crippen molar-refractivity contribution in [3.63, 3.8) is 0 Å². The molecule has 10 rings (SSSR count). The molecule has 1 nitrogen and oxygen atoms in total. The molecule has 0 radical (unpaired) electrons. The second-order valence-electron chi connectivity index (χ2n) is 13.8. The van der Waals surface area contributed by atoms with Gasteiger partial charge in [0.2, 0.25) is 0 Å².